The van der Waals surface area contributed by atoms with Crippen molar-refractivity contribution in [1.82, 2.24) is 0 Å². The van der Waals surface area contributed by atoms with Crippen LogP contribution in [0.4, 0.5) is 17.1 Å². The Morgan fingerprint density at radius 1 is 1.08 bits per heavy atom. The normalized spacial score (nSPS) is 20.9. The highest BCUT2D eigenvalue weighted by molar-refractivity contribution is 9.10. The number of nitro benzene ring substituents is 1. The van der Waals surface area contributed by atoms with Gasteiger partial charge in [-0.25, -0.2) is 9.96 Å². The Kier molecular flexibility index (Phi) is 6.34. The van der Waals surface area contributed by atoms with Crippen molar-refractivity contribution in [3.05, 3.63) is 86.4 Å². The van der Waals surface area contributed by atoms with Crippen LogP contribution < -0.4 is 14.7 Å². The van der Waals surface area contributed by atoms with Crippen molar-refractivity contribution >= 4 is 44.8 Å². The van der Waals surface area contributed by atoms with E-state index >= 15 is 0 Å². The summed E-state index contributed by atoms with van der Waals surface area (Å²) in [5, 5.41) is 23.1. The maximum atomic E-state index is 13.8. The zero-order valence-corrected chi connectivity index (χ0v) is 21.4. The minimum absolute atomic E-state index is 0.130. The molecule has 2 heterocycles. The van der Waals surface area contributed by atoms with E-state index in [0.29, 0.717) is 21.4 Å². The number of non-ortho nitro benzene ring substituents is 1. The third-order valence-electron chi connectivity index (χ3n) is 6.63. The Bertz CT molecular complexity index is 1410. The predicted octanol–water partition coefficient (Wildman–Crippen LogP) is 4.69. The fourth-order valence-corrected chi connectivity index (χ4v) is 5.24. The third kappa shape index (κ3) is 4.09. The van der Waals surface area contributed by atoms with Gasteiger partial charge in [-0.2, -0.15) is 0 Å². The first kappa shape index (κ1) is 24.7. The molecule has 3 aromatic rings. The quantitative estimate of drug-likeness (QED) is 0.258. The van der Waals surface area contributed by atoms with Gasteiger partial charge in [-0.15, -0.1) is 0 Å². The van der Waals surface area contributed by atoms with E-state index in [4.69, 9.17) is 9.57 Å². The molecule has 2 aliphatic rings. The van der Waals surface area contributed by atoms with Crippen LogP contribution in [-0.2, 0) is 20.8 Å². The van der Waals surface area contributed by atoms with E-state index in [1.165, 1.54) is 30.4 Å². The number of ether oxygens (including phenoxy) is 1. The van der Waals surface area contributed by atoms with Gasteiger partial charge in [-0.1, -0.05) is 25.1 Å². The molecule has 11 heteroatoms. The van der Waals surface area contributed by atoms with Crippen LogP contribution in [0.25, 0.3) is 0 Å². The van der Waals surface area contributed by atoms with Crippen LogP contribution in [0.2, 0.25) is 0 Å². The summed E-state index contributed by atoms with van der Waals surface area (Å²) in [6.45, 7) is 2.01. The molecule has 0 unspecified atom stereocenters. The van der Waals surface area contributed by atoms with Crippen molar-refractivity contribution in [2.24, 2.45) is 5.92 Å². The van der Waals surface area contributed by atoms with Gasteiger partial charge in [0.05, 0.1) is 33.9 Å². The monoisotopic (exact) mass is 567 g/mol. The number of carbonyl (C=O) groups excluding carboxylic acids is 2. The highest BCUT2D eigenvalue weighted by atomic mass is 79.9. The van der Waals surface area contributed by atoms with Gasteiger partial charge < -0.3 is 9.84 Å². The zero-order chi connectivity index (χ0) is 26.4. The molecule has 2 saturated heterocycles. The summed E-state index contributed by atoms with van der Waals surface area (Å²) < 4.78 is 5.61. The number of hydrogen-bond acceptors (Lipinski definition) is 8. The number of halogens is 1. The second-order valence-electron chi connectivity index (χ2n) is 8.68. The van der Waals surface area contributed by atoms with E-state index in [0.717, 1.165) is 16.9 Å². The lowest BCUT2D eigenvalue weighted by molar-refractivity contribution is -0.384. The first-order chi connectivity index (χ1) is 17.7. The molecule has 0 radical (unpaired) electrons. The van der Waals surface area contributed by atoms with E-state index in [1.807, 2.05) is 19.1 Å². The van der Waals surface area contributed by atoms with Crippen LogP contribution >= 0.6 is 15.9 Å². The molecule has 190 valence electrons. The summed E-state index contributed by atoms with van der Waals surface area (Å²) in [5.74, 6) is -1.92. The maximum absolute atomic E-state index is 13.8. The van der Waals surface area contributed by atoms with Gasteiger partial charge in [0.25, 0.3) is 11.6 Å². The van der Waals surface area contributed by atoms with Crippen molar-refractivity contribution in [3.8, 4) is 11.5 Å². The van der Waals surface area contributed by atoms with Crippen molar-refractivity contribution in [2.75, 3.05) is 17.1 Å². The molecule has 1 N–H and O–H groups in total. The van der Waals surface area contributed by atoms with Crippen molar-refractivity contribution in [1.29, 1.82) is 0 Å². The number of carbonyl (C=O) groups is 2. The summed E-state index contributed by atoms with van der Waals surface area (Å²) >= 11 is 3.31. The van der Waals surface area contributed by atoms with E-state index in [1.54, 1.807) is 30.3 Å². The minimum Gasteiger partial charge on any atom is -0.503 e. The molecule has 2 fully saturated rings. The number of aryl methyl sites for hydroxylation is 1. The Morgan fingerprint density at radius 3 is 2.46 bits per heavy atom. The lowest BCUT2D eigenvalue weighted by atomic mass is 9.90. The molecule has 0 saturated carbocycles. The average molecular weight is 568 g/mol. The van der Waals surface area contributed by atoms with E-state index in [9.17, 15) is 24.8 Å². The van der Waals surface area contributed by atoms with Crippen molar-refractivity contribution in [2.45, 2.75) is 25.5 Å². The number of phenolic OH excluding ortho intramolecular Hbond substituents is 1. The number of amides is 2. The fraction of sp³-hybridized carbons (Fsp3) is 0.231. The van der Waals surface area contributed by atoms with E-state index in [2.05, 4.69) is 15.9 Å². The highest BCUT2D eigenvalue weighted by Gasteiger charge is 2.60. The van der Waals surface area contributed by atoms with Crippen molar-refractivity contribution in [3.63, 3.8) is 0 Å². The number of hydrogen-bond donors (Lipinski definition) is 1. The second-order valence-corrected chi connectivity index (χ2v) is 9.54. The number of rotatable bonds is 6. The lowest BCUT2D eigenvalue weighted by Crippen LogP contribution is -2.37. The van der Waals surface area contributed by atoms with Gasteiger partial charge in [-0.3, -0.25) is 24.5 Å². The molecule has 5 rings (SSSR count). The number of nitro groups is 1. The SMILES string of the molecule is CCc1ccc(N2C(=O)[C@@H]3[C@H](ON(c4cccc([N+](=O)[O-])c4)[C@@H]3c3cc(Br)c(O)c(OC)c3)C2=O)cc1. The molecular weight excluding hydrogens is 546 g/mol. The molecule has 10 nitrogen and oxygen atoms in total. The Labute approximate surface area is 220 Å². The number of phenols is 1. The number of anilines is 2. The van der Waals surface area contributed by atoms with E-state index in [-0.39, 0.29) is 17.2 Å². The molecule has 0 bridgehead atoms. The topological polar surface area (TPSA) is 122 Å². The number of hydroxylamine groups is 1. The Morgan fingerprint density at radius 2 is 1.81 bits per heavy atom. The van der Waals surface area contributed by atoms with Gasteiger partial charge in [0, 0.05) is 12.1 Å². The first-order valence-electron chi connectivity index (χ1n) is 11.5. The summed E-state index contributed by atoms with van der Waals surface area (Å²) in [5.41, 5.74) is 2.14. The van der Waals surface area contributed by atoms with Gasteiger partial charge in [-0.05, 0) is 63.8 Å². The molecule has 3 aromatic carbocycles. The van der Waals surface area contributed by atoms with E-state index < -0.39 is 34.8 Å². The molecule has 2 aliphatic heterocycles. The second kappa shape index (κ2) is 9.49. The minimum atomic E-state index is -1.15. The number of benzene rings is 3. The number of fused-ring (bicyclic) bond motifs is 1. The summed E-state index contributed by atoms with van der Waals surface area (Å²) in [7, 11) is 1.39. The van der Waals surface area contributed by atoms with Crippen LogP contribution in [0.1, 0.15) is 24.1 Å². The smallest absolute Gasteiger partial charge is 0.271 e. The maximum Gasteiger partial charge on any atom is 0.271 e. The molecule has 2 amide bonds. The largest absolute Gasteiger partial charge is 0.503 e. The van der Waals surface area contributed by atoms with Gasteiger partial charge >= 0.3 is 0 Å². The molecule has 0 aliphatic carbocycles. The van der Waals surface area contributed by atoms with Crippen LogP contribution in [0.15, 0.2) is 65.1 Å². The average Bonchev–Trinajstić information content (AvgIpc) is 3.41. The number of methoxy groups -OCH3 is 1. The van der Waals surface area contributed by atoms with Crippen LogP contribution in [0.5, 0.6) is 11.5 Å². The van der Waals surface area contributed by atoms with Gasteiger partial charge in [0.1, 0.15) is 5.92 Å². The Hall–Kier alpha value is -3.96. The fourth-order valence-electron chi connectivity index (χ4n) is 4.78. The summed E-state index contributed by atoms with van der Waals surface area (Å²) in [4.78, 5) is 45.4. The standard InChI is InChI=1S/C26H22BrN3O7/c1-3-14-7-9-16(10-8-14)28-25(32)21-22(15-11-19(27)23(31)20(12-15)36-2)29(37-24(21)26(28)33)17-5-4-6-18(13-17)30(34)35/h4-13,21-22,24,31H,3H2,1-2H3/t21-,22+,24-/m0/s1. The van der Waals surface area contributed by atoms with Crippen molar-refractivity contribution < 1.29 is 29.2 Å². The lowest BCUT2D eigenvalue weighted by Gasteiger charge is -2.29. The number of imide groups is 1. The first-order valence-corrected chi connectivity index (χ1v) is 12.3. The van der Waals surface area contributed by atoms with Crippen LogP contribution in [0.3, 0.4) is 0 Å². The zero-order valence-electron chi connectivity index (χ0n) is 19.8. The van der Waals surface area contributed by atoms with Gasteiger partial charge in [0.15, 0.2) is 17.6 Å². The molecule has 37 heavy (non-hydrogen) atoms. The summed E-state index contributed by atoms with van der Waals surface area (Å²) in [6.07, 6.45) is -0.338. The van der Waals surface area contributed by atoms with Crippen LogP contribution in [0, 0.1) is 16.0 Å². The summed E-state index contributed by atoms with van der Waals surface area (Å²) in [6, 6.07) is 15.2. The third-order valence-corrected chi connectivity index (χ3v) is 7.23. The molecular formula is C26H22BrN3O7. The Balaban J connectivity index is 1.62. The molecule has 3 atom stereocenters. The molecule has 0 spiro atoms. The molecule has 0 aromatic heterocycles. The highest BCUT2D eigenvalue weighted by Crippen LogP contribution is 2.50. The van der Waals surface area contributed by atoms with Crippen LogP contribution in [-0.4, -0.2) is 35.1 Å². The number of aromatic hydroxyl groups is 1. The van der Waals surface area contributed by atoms with Gasteiger partial charge in [0.2, 0.25) is 5.91 Å². The number of nitrogens with zero attached hydrogens (tertiary/aromatic N) is 3. The predicted molar refractivity (Wildman–Crippen MR) is 137 cm³/mol.